The molecule has 2 aliphatic rings. The van der Waals surface area contributed by atoms with Gasteiger partial charge in [0.2, 0.25) is 0 Å². The summed E-state index contributed by atoms with van der Waals surface area (Å²) in [6, 6.07) is 0. The fourth-order valence-corrected chi connectivity index (χ4v) is 3.02. The number of hydrogen-bond donors (Lipinski definition) is 0. The van der Waals surface area contributed by atoms with E-state index in [-0.39, 0.29) is 0 Å². The van der Waals surface area contributed by atoms with Gasteiger partial charge in [-0.1, -0.05) is 6.92 Å². The summed E-state index contributed by atoms with van der Waals surface area (Å²) in [5.74, 6) is 0.747. The molecular formula is C13H26ClN3O. The lowest BCUT2D eigenvalue weighted by Crippen LogP contribution is -2.52. The molecule has 2 saturated heterocycles. The number of halogens is 1. The van der Waals surface area contributed by atoms with Gasteiger partial charge in [0.15, 0.2) is 0 Å². The van der Waals surface area contributed by atoms with Gasteiger partial charge in [-0.2, -0.15) is 0 Å². The standard InChI is InChI=1S/C13H26ClN3O/c1-2-15-9-10-18-13(11-15)12-17-7-5-16(4-3-14)6-8-17/h13H,2-12H2,1H3. The first-order valence-electron chi connectivity index (χ1n) is 7.16. The summed E-state index contributed by atoms with van der Waals surface area (Å²) in [5, 5.41) is 0. The zero-order chi connectivity index (χ0) is 12.8. The van der Waals surface area contributed by atoms with Crippen molar-refractivity contribution in [3.05, 3.63) is 0 Å². The highest BCUT2D eigenvalue weighted by Gasteiger charge is 2.24. The molecule has 0 amide bonds. The van der Waals surface area contributed by atoms with Crippen LogP contribution in [0.3, 0.4) is 0 Å². The quantitative estimate of drug-likeness (QED) is 0.683. The van der Waals surface area contributed by atoms with E-state index >= 15 is 0 Å². The van der Waals surface area contributed by atoms with Crippen molar-refractivity contribution in [1.82, 2.24) is 14.7 Å². The molecule has 1 atom stereocenters. The summed E-state index contributed by atoms with van der Waals surface area (Å²) in [4.78, 5) is 7.47. The Morgan fingerprint density at radius 3 is 2.44 bits per heavy atom. The van der Waals surface area contributed by atoms with Crippen LogP contribution < -0.4 is 0 Å². The first-order valence-corrected chi connectivity index (χ1v) is 7.70. The van der Waals surface area contributed by atoms with Gasteiger partial charge in [0.1, 0.15) is 0 Å². The third kappa shape index (κ3) is 4.35. The Bertz CT molecular complexity index is 234. The molecule has 0 aromatic heterocycles. The van der Waals surface area contributed by atoms with E-state index in [0.717, 1.165) is 71.4 Å². The van der Waals surface area contributed by atoms with E-state index in [2.05, 4.69) is 21.6 Å². The van der Waals surface area contributed by atoms with E-state index in [1.807, 2.05) is 0 Å². The van der Waals surface area contributed by atoms with Crippen molar-refractivity contribution >= 4 is 11.6 Å². The van der Waals surface area contributed by atoms with Gasteiger partial charge in [0, 0.05) is 58.2 Å². The van der Waals surface area contributed by atoms with Crippen LogP contribution in [0.1, 0.15) is 6.92 Å². The van der Waals surface area contributed by atoms with E-state index < -0.39 is 0 Å². The van der Waals surface area contributed by atoms with Crippen LogP contribution in [-0.4, -0.2) is 92.2 Å². The lowest BCUT2D eigenvalue weighted by atomic mass is 10.2. The third-order valence-electron chi connectivity index (χ3n) is 4.00. The number of nitrogens with zero attached hydrogens (tertiary/aromatic N) is 3. The number of alkyl halides is 1. The van der Waals surface area contributed by atoms with E-state index in [4.69, 9.17) is 16.3 Å². The summed E-state index contributed by atoms with van der Waals surface area (Å²) < 4.78 is 5.87. The molecule has 0 aliphatic carbocycles. The van der Waals surface area contributed by atoms with E-state index in [9.17, 15) is 0 Å². The molecule has 2 heterocycles. The summed E-state index contributed by atoms with van der Waals surface area (Å²) in [7, 11) is 0. The highest BCUT2D eigenvalue weighted by Crippen LogP contribution is 2.09. The minimum atomic E-state index is 0.401. The SMILES string of the molecule is CCN1CCOC(CN2CCN(CCCl)CC2)C1. The smallest absolute Gasteiger partial charge is 0.0829 e. The zero-order valence-corrected chi connectivity index (χ0v) is 12.2. The van der Waals surface area contributed by atoms with E-state index in [1.165, 1.54) is 0 Å². The molecule has 0 spiro atoms. The maximum Gasteiger partial charge on any atom is 0.0829 e. The number of morpholine rings is 1. The second-order valence-corrected chi connectivity index (χ2v) is 5.60. The summed E-state index contributed by atoms with van der Waals surface area (Å²) in [5.41, 5.74) is 0. The molecule has 0 bridgehead atoms. The van der Waals surface area contributed by atoms with Crippen LogP contribution in [0.5, 0.6) is 0 Å². The van der Waals surface area contributed by atoms with Gasteiger partial charge < -0.3 is 4.74 Å². The Kier molecular flexibility index (Phi) is 6.18. The first kappa shape index (κ1) is 14.5. The van der Waals surface area contributed by atoms with Crippen molar-refractivity contribution in [2.45, 2.75) is 13.0 Å². The number of rotatable bonds is 5. The van der Waals surface area contributed by atoms with Gasteiger partial charge in [0.25, 0.3) is 0 Å². The molecule has 1 unspecified atom stereocenters. The van der Waals surface area contributed by atoms with Gasteiger partial charge in [-0.25, -0.2) is 0 Å². The van der Waals surface area contributed by atoms with Gasteiger partial charge in [-0.3, -0.25) is 14.7 Å². The molecule has 0 aromatic carbocycles. The van der Waals surface area contributed by atoms with Crippen molar-refractivity contribution in [3.8, 4) is 0 Å². The molecule has 0 aromatic rings. The maximum absolute atomic E-state index is 5.87. The third-order valence-corrected chi connectivity index (χ3v) is 4.17. The minimum absolute atomic E-state index is 0.401. The van der Waals surface area contributed by atoms with Gasteiger partial charge >= 0.3 is 0 Å². The topological polar surface area (TPSA) is 19.0 Å². The number of likely N-dealkylation sites (N-methyl/N-ethyl adjacent to an activating group) is 1. The second-order valence-electron chi connectivity index (χ2n) is 5.22. The summed E-state index contributed by atoms with van der Waals surface area (Å²) >= 11 is 5.78. The number of hydrogen-bond acceptors (Lipinski definition) is 4. The van der Waals surface area contributed by atoms with Crippen molar-refractivity contribution in [1.29, 1.82) is 0 Å². The lowest BCUT2D eigenvalue weighted by molar-refractivity contribution is -0.0465. The molecule has 5 heteroatoms. The van der Waals surface area contributed by atoms with E-state index in [0.29, 0.717) is 6.10 Å². The number of ether oxygens (including phenoxy) is 1. The largest absolute Gasteiger partial charge is 0.374 e. The van der Waals surface area contributed by atoms with Crippen molar-refractivity contribution in [3.63, 3.8) is 0 Å². The average Bonchev–Trinajstić information content (AvgIpc) is 2.42. The van der Waals surface area contributed by atoms with Crippen LogP contribution in [0.4, 0.5) is 0 Å². The van der Waals surface area contributed by atoms with Crippen LogP contribution in [0, 0.1) is 0 Å². The Balaban J connectivity index is 1.67. The molecule has 0 radical (unpaired) electrons. The Morgan fingerprint density at radius 2 is 1.78 bits per heavy atom. The van der Waals surface area contributed by atoms with Gasteiger partial charge in [-0.05, 0) is 6.54 Å². The highest BCUT2D eigenvalue weighted by atomic mass is 35.5. The predicted octanol–water partition coefficient (Wildman–Crippen LogP) is 0.564. The predicted molar refractivity (Wildman–Crippen MR) is 75.5 cm³/mol. The summed E-state index contributed by atoms with van der Waals surface area (Å²) in [6.07, 6.45) is 0.401. The first-order chi connectivity index (χ1) is 8.81. The minimum Gasteiger partial charge on any atom is -0.374 e. The van der Waals surface area contributed by atoms with E-state index in [1.54, 1.807) is 0 Å². The molecule has 0 N–H and O–H groups in total. The molecule has 4 nitrogen and oxygen atoms in total. The molecule has 106 valence electrons. The van der Waals surface area contributed by atoms with Crippen LogP contribution >= 0.6 is 11.6 Å². The van der Waals surface area contributed by atoms with Crippen molar-refractivity contribution in [2.24, 2.45) is 0 Å². The molecule has 18 heavy (non-hydrogen) atoms. The number of piperazine rings is 1. The van der Waals surface area contributed by atoms with Crippen LogP contribution in [0.2, 0.25) is 0 Å². The summed E-state index contributed by atoms with van der Waals surface area (Å²) in [6.45, 7) is 13.2. The Morgan fingerprint density at radius 1 is 1.06 bits per heavy atom. The average molecular weight is 276 g/mol. The monoisotopic (exact) mass is 275 g/mol. The molecular weight excluding hydrogens is 250 g/mol. The highest BCUT2D eigenvalue weighted by molar-refractivity contribution is 6.18. The fraction of sp³-hybridized carbons (Fsp3) is 1.00. The molecule has 0 saturated carbocycles. The normalized spacial score (nSPS) is 28.7. The molecule has 2 aliphatic heterocycles. The van der Waals surface area contributed by atoms with Crippen LogP contribution in [-0.2, 0) is 4.74 Å². The van der Waals surface area contributed by atoms with Gasteiger partial charge in [-0.15, -0.1) is 11.6 Å². The molecule has 2 fully saturated rings. The van der Waals surface area contributed by atoms with Crippen LogP contribution in [0.25, 0.3) is 0 Å². The Hall–Kier alpha value is 0.130. The fourth-order valence-electron chi connectivity index (χ4n) is 2.78. The van der Waals surface area contributed by atoms with Gasteiger partial charge in [0.05, 0.1) is 12.7 Å². The zero-order valence-electron chi connectivity index (χ0n) is 11.5. The molecule has 2 rings (SSSR count). The lowest BCUT2D eigenvalue weighted by Gasteiger charge is -2.38. The van der Waals surface area contributed by atoms with Crippen molar-refractivity contribution < 1.29 is 4.74 Å². The Labute approximate surface area is 116 Å². The second kappa shape index (κ2) is 7.65. The van der Waals surface area contributed by atoms with Crippen LogP contribution in [0.15, 0.2) is 0 Å². The maximum atomic E-state index is 5.87. The van der Waals surface area contributed by atoms with Crippen molar-refractivity contribution in [2.75, 3.05) is 71.4 Å².